The largest absolute Gasteiger partial charge is 0.494 e. The number of unbranched alkanes of at least 4 members (excludes halogenated alkanes) is 3. The summed E-state index contributed by atoms with van der Waals surface area (Å²) in [5, 5.41) is 0. The van der Waals surface area contributed by atoms with Gasteiger partial charge < -0.3 is 4.74 Å². The minimum Gasteiger partial charge on any atom is -0.494 e. The molecule has 1 saturated carbocycles. The second kappa shape index (κ2) is 13.5. The maximum absolute atomic E-state index is 5.99. The van der Waals surface area contributed by atoms with Crippen LogP contribution in [0.25, 0.3) is 11.4 Å². The molecular weight excluding hydrogens is 380 g/mol. The molecule has 1 heterocycles. The summed E-state index contributed by atoms with van der Waals surface area (Å²) in [5.74, 6) is 3.67. The van der Waals surface area contributed by atoms with E-state index in [1.807, 2.05) is 24.5 Å². The zero-order chi connectivity index (χ0) is 21.7. The fraction of sp³-hybridized carbons (Fsp3) is 0.643. The predicted molar refractivity (Wildman–Crippen MR) is 130 cm³/mol. The third-order valence-electron chi connectivity index (χ3n) is 6.83. The highest BCUT2D eigenvalue weighted by Gasteiger charge is 2.20. The average Bonchev–Trinajstić information content (AvgIpc) is 2.82. The van der Waals surface area contributed by atoms with Crippen LogP contribution in [0.3, 0.4) is 0 Å². The molecule has 0 aliphatic heterocycles. The van der Waals surface area contributed by atoms with Gasteiger partial charge in [-0.25, -0.2) is 9.97 Å². The van der Waals surface area contributed by atoms with Gasteiger partial charge in [0.25, 0.3) is 0 Å². The third kappa shape index (κ3) is 8.27. The van der Waals surface area contributed by atoms with Crippen molar-refractivity contribution in [1.29, 1.82) is 0 Å². The fourth-order valence-corrected chi connectivity index (χ4v) is 4.87. The Hall–Kier alpha value is -1.90. The molecule has 0 N–H and O–H groups in total. The first-order valence-electron chi connectivity index (χ1n) is 12.8. The van der Waals surface area contributed by atoms with E-state index in [2.05, 4.69) is 35.9 Å². The van der Waals surface area contributed by atoms with E-state index in [4.69, 9.17) is 4.74 Å². The van der Waals surface area contributed by atoms with Gasteiger partial charge in [0.2, 0.25) is 0 Å². The topological polar surface area (TPSA) is 35.0 Å². The Kier molecular flexibility index (Phi) is 10.3. The second-order valence-corrected chi connectivity index (χ2v) is 9.42. The van der Waals surface area contributed by atoms with Gasteiger partial charge in [0.1, 0.15) is 5.75 Å². The van der Waals surface area contributed by atoms with Crippen LogP contribution in [0, 0.1) is 11.8 Å². The Morgan fingerprint density at radius 1 is 0.774 bits per heavy atom. The van der Waals surface area contributed by atoms with E-state index in [0.29, 0.717) is 0 Å². The highest BCUT2D eigenvalue weighted by atomic mass is 16.5. The number of aryl methyl sites for hydroxylation is 1. The van der Waals surface area contributed by atoms with E-state index >= 15 is 0 Å². The van der Waals surface area contributed by atoms with E-state index in [9.17, 15) is 0 Å². The van der Waals surface area contributed by atoms with Crippen molar-refractivity contribution in [1.82, 2.24) is 9.97 Å². The van der Waals surface area contributed by atoms with Crippen LogP contribution < -0.4 is 4.74 Å². The van der Waals surface area contributed by atoms with Gasteiger partial charge in [0, 0.05) is 18.0 Å². The van der Waals surface area contributed by atoms with Crippen LogP contribution in [0.15, 0.2) is 36.7 Å². The van der Waals surface area contributed by atoms with Crippen LogP contribution >= 0.6 is 0 Å². The number of nitrogens with zero attached hydrogens (tertiary/aromatic N) is 2. The smallest absolute Gasteiger partial charge is 0.159 e. The SMILES string of the molecule is CCCCCCc1cnc(-c2ccc(OCCC[C@H]3CC[C@H](CCC)CC3)cc2)nc1. The lowest BCUT2D eigenvalue weighted by molar-refractivity contribution is 0.230. The standard InChI is InChI=1S/C28H42N2O/c1-3-5-6-7-10-25-21-29-28(30-22-25)26-16-18-27(19-17-26)31-20-8-11-24-14-12-23(9-4-2)13-15-24/h16-19,21-24H,3-15,20H2,1-2H3/t23-,24-. The summed E-state index contributed by atoms with van der Waals surface area (Å²) in [6, 6.07) is 8.24. The van der Waals surface area contributed by atoms with E-state index < -0.39 is 0 Å². The molecule has 3 rings (SSSR count). The van der Waals surface area contributed by atoms with Crippen LogP contribution in [0.5, 0.6) is 5.75 Å². The highest BCUT2D eigenvalue weighted by molar-refractivity contribution is 5.55. The quantitative estimate of drug-likeness (QED) is 0.306. The lowest BCUT2D eigenvalue weighted by atomic mass is 9.78. The summed E-state index contributed by atoms with van der Waals surface area (Å²) >= 11 is 0. The third-order valence-corrected chi connectivity index (χ3v) is 6.83. The number of rotatable bonds is 13. The zero-order valence-corrected chi connectivity index (χ0v) is 19.8. The maximum atomic E-state index is 5.99. The van der Waals surface area contributed by atoms with Crippen LogP contribution in [0.2, 0.25) is 0 Å². The summed E-state index contributed by atoms with van der Waals surface area (Å²) in [6.07, 6.45) is 21.1. The molecule has 0 radical (unpaired) electrons. The number of hydrogen-bond acceptors (Lipinski definition) is 3. The molecule has 31 heavy (non-hydrogen) atoms. The molecule has 3 heteroatoms. The Labute approximate surface area is 190 Å². The van der Waals surface area contributed by atoms with Crippen molar-refractivity contribution >= 4 is 0 Å². The Morgan fingerprint density at radius 2 is 1.45 bits per heavy atom. The molecule has 3 nitrogen and oxygen atoms in total. The lowest BCUT2D eigenvalue weighted by Gasteiger charge is -2.28. The van der Waals surface area contributed by atoms with Gasteiger partial charge in [-0.2, -0.15) is 0 Å². The molecule has 0 bridgehead atoms. The number of aromatic nitrogens is 2. The summed E-state index contributed by atoms with van der Waals surface area (Å²) in [6.45, 7) is 5.38. The normalized spacial score (nSPS) is 18.8. The molecule has 0 unspecified atom stereocenters. The average molecular weight is 423 g/mol. The lowest BCUT2D eigenvalue weighted by Crippen LogP contribution is -2.15. The summed E-state index contributed by atoms with van der Waals surface area (Å²) in [7, 11) is 0. The van der Waals surface area contributed by atoms with Gasteiger partial charge in [-0.1, -0.05) is 71.6 Å². The molecule has 1 aliphatic carbocycles. The van der Waals surface area contributed by atoms with Gasteiger partial charge in [0.15, 0.2) is 5.82 Å². The monoisotopic (exact) mass is 422 g/mol. The first kappa shape index (κ1) is 23.8. The van der Waals surface area contributed by atoms with Gasteiger partial charge >= 0.3 is 0 Å². The molecule has 0 atom stereocenters. The van der Waals surface area contributed by atoms with E-state index in [-0.39, 0.29) is 0 Å². The van der Waals surface area contributed by atoms with E-state index in [1.54, 1.807) is 0 Å². The summed E-state index contributed by atoms with van der Waals surface area (Å²) in [4.78, 5) is 9.14. The van der Waals surface area contributed by atoms with E-state index in [1.165, 1.54) is 76.2 Å². The molecule has 1 aromatic heterocycles. The molecule has 1 aliphatic rings. The van der Waals surface area contributed by atoms with E-state index in [0.717, 1.165) is 48.4 Å². The minimum atomic E-state index is 0.794. The highest BCUT2D eigenvalue weighted by Crippen LogP contribution is 2.33. The summed E-state index contributed by atoms with van der Waals surface area (Å²) in [5.41, 5.74) is 2.28. The number of benzene rings is 1. The second-order valence-electron chi connectivity index (χ2n) is 9.42. The molecule has 0 amide bonds. The first-order valence-corrected chi connectivity index (χ1v) is 12.8. The fourth-order valence-electron chi connectivity index (χ4n) is 4.87. The van der Waals surface area contributed by atoms with Gasteiger partial charge in [-0.15, -0.1) is 0 Å². The summed E-state index contributed by atoms with van der Waals surface area (Å²) < 4.78 is 5.99. The van der Waals surface area contributed by atoms with Crippen molar-refractivity contribution < 1.29 is 4.74 Å². The number of hydrogen-bond donors (Lipinski definition) is 0. The maximum Gasteiger partial charge on any atom is 0.159 e. The molecule has 170 valence electrons. The molecule has 1 fully saturated rings. The molecule has 2 aromatic rings. The van der Waals surface area contributed by atoms with Crippen molar-refractivity contribution in [2.45, 2.75) is 97.3 Å². The van der Waals surface area contributed by atoms with Crippen LogP contribution in [-0.2, 0) is 6.42 Å². The van der Waals surface area contributed by atoms with Gasteiger partial charge in [0.05, 0.1) is 6.61 Å². The van der Waals surface area contributed by atoms with Gasteiger partial charge in [-0.05, 0) is 67.3 Å². The molecular formula is C28H42N2O. The minimum absolute atomic E-state index is 0.794. The zero-order valence-electron chi connectivity index (χ0n) is 19.8. The Balaban J connectivity index is 1.35. The first-order chi connectivity index (χ1) is 15.3. The van der Waals surface area contributed by atoms with Crippen molar-refractivity contribution in [3.05, 3.63) is 42.2 Å². The van der Waals surface area contributed by atoms with Crippen LogP contribution in [-0.4, -0.2) is 16.6 Å². The van der Waals surface area contributed by atoms with Crippen molar-refractivity contribution in [3.63, 3.8) is 0 Å². The van der Waals surface area contributed by atoms with Crippen LogP contribution in [0.4, 0.5) is 0 Å². The Bertz CT molecular complexity index is 718. The predicted octanol–water partition coefficient (Wildman–Crippen LogP) is 8.03. The van der Waals surface area contributed by atoms with Gasteiger partial charge in [-0.3, -0.25) is 0 Å². The molecule has 1 aromatic carbocycles. The van der Waals surface area contributed by atoms with Crippen molar-refractivity contribution in [2.24, 2.45) is 11.8 Å². The van der Waals surface area contributed by atoms with Crippen LogP contribution in [0.1, 0.15) is 96.5 Å². The Morgan fingerprint density at radius 3 is 2.10 bits per heavy atom. The van der Waals surface area contributed by atoms with Crippen molar-refractivity contribution in [2.75, 3.05) is 6.61 Å². The molecule has 0 saturated heterocycles. The molecule has 0 spiro atoms. The number of ether oxygens (including phenoxy) is 1. The van der Waals surface area contributed by atoms with Crippen molar-refractivity contribution in [3.8, 4) is 17.1 Å².